The minimum atomic E-state index is 0.572. The Labute approximate surface area is 282 Å². The molecule has 2 aromatic heterocycles. The van der Waals surface area contributed by atoms with Crippen molar-refractivity contribution in [2.75, 3.05) is 0 Å². The second kappa shape index (κ2) is 11.0. The van der Waals surface area contributed by atoms with Crippen LogP contribution in [0.15, 0.2) is 168 Å². The fraction of sp³-hybridized carbons (Fsp3) is 0. The van der Waals surface area contributed by atoms with Crippen LogP contribution in [0.2, 0.25) is 0 Å². The van der Waals surface area contributed by atoms with Gasteiger partial charge in [0.1, 0.15) is 11.2 Å². The lowest BCUT2D eigenvalue weighted by Gasteiger charge is -2.12. The van der Waals surface area contributed by atoms with Crippen molar-refractivity contribution < 1.29 is 4.42 Å². The molecular formula is C45H27N3O. The Morgan fingerprint density at radius 2 is 0.837 bits per heavy atom. The highest BCUT2D eigenvalue weighted by molar-refractivity contribution is 6.09. The average molecular weight is 626 g/mol. The van der Waals surface area contributed by atoms with Gasteiger partial charge in [-0.15, -0.1) is 0 Å². The molecule has 0 unspecified atom stereocenters. The van der Waals surface area contributed by atoms with E-state index in [4.69, 9.17) is 19.4 Å². The first kappa shape index (κ1) is 27.5. The summed E-state index contributed by atoms with van der Waals surface area (Å²) in [5.41, 5.74) is 6.69. The van der Waals surface area contributed by atoms with Crippen molar-refractivity contribution in [2.24, 2.45) is 0 Å². The van der Waals surface area contributed by atoms with E-state index in [0.717, 1.165) is 60.2 Å². The van der Waals surface area contributed by atoms with Crippen LogP contribution in [0.1, 0.15) is 0 Å². The van der Waals surface area contributed by atoms with Gasteiger partial charge >= 0.3 is 0 Å². The van der Waals surface area contributed by atoms with E-state index in [9.17, 15) is 0 Å². The first-order valence-electron chi connectivity index (χ1n) is 16.4. The van der Waals surface area contributed by atoms with Crippen molar-refractivity contribution in [3.63, 3.8) is 0 Å². The second-order valence-corrected chi connectivity index (χ2v) is 12.4. The van der Waals surface area contributed by atoms with Crippen LogP contribution in [0.4, 0.5) is 0 Å². The van der Waals surface area contributed by atoms with Gasteiger partial charge in [0.05, 0.1) is 5.56 Å². The van der Waals surface area contributed by atoms with Gasteiger partial charge < -0.3 is 4.42 Å². The Hall–Kier alpha value is -6.65. The Morgan fingerprint density at radius 3 is 1.63 bits per heavy atom. The number of hydrogen-bond acceptors (Lipinski definition) is 4. The molecule has 228 valence electrons. The zero-order valence-electron chi connectivity index (χ0n) is 26.3. The van der Waals surface area contributed by atoms with E-state index < -0.39 is 0 Å². The molecule has 0 aliphatic rings. The Kier molecular flexibility index (Phi) is 6.15. The topological polar surface area (TPSA) is 51.8 Å². The molecule has 2 heterocycles. The van der Waals surface area contributed by atoms with E-state index in [1.54, 1.807) is 0 Å². The predicted octanol–water partition coefficient (Wildman–Crippen LogP) is 11.9. The maximum atomic E-state index is 6.45. The standard InChI is InChI=1S/C45H27N3O/c1-2-12-30-26-31(23-22-28(30)10-1)32-24-25-35-33(27-32)14-8-19-39(35)44-46-43(38-18-7-13-29-11-3-4-15-34(29)38)47-45(48-44)40-20-9-17-37-36-16-5-6-21-41(36)49-42(37)40/h1-27H. The fourth-order valence-electron chi connectivity index (χ4n) is 7.11. The van der Waals surface area contributed by atoms with Gasteiger partial charge in [-0.05, 0) is 67.7 Å². The lowest BCUT2D eigenvalue weighted by molar-refractivity contribution is 0.669. The third-order valence-corrected chi connectivity index (χ3v) is 9.52. The molecule has 10 rings (SSSR count). The van der Waals surface area contributed by atoms with Gasteiger partial charge in [-0.3, -0.25) is 0 Å². The lowest BCUT2D eigenvalue weighted by Crippen LogP contribution is -2.01. The first-order chi connectivity index (χ1) is 24.3. The molecule has 49 heavy (non-hydrogen) atoms. The quantitative estimate of drug-likeness (QED) is 0.195. The third-order valence-electron chi connectivity index (χ3n) is 9.52. The molecule has 0 atom stereocenters. The van der Waals surface area contributed by atoms with E-state index in [2.05, 4.69) is 133 Å². The van der Waals surface area contributed by atoms with E-state index >= 15 is 0 Å². The Bertz CT molecular complexity index is 2900. The zero-order chi connectivity index (χ0) is 32.3. The van der Waals surface area contributed by atoms with Crippen molar-refractivity contribution in [1.29, 1.82) is 0 Å². The summed E-state index contributed by atoms with van der Waals surface area (Å²) >= 11 is 0. The number of hydrogen-bond donors (Lipinski definition) is 0. The summed E-state index contributed by atoms with van der Waals surface area (Å²) in [4.78, 5) is 15.5. The number of furan rings is 1. The number of nitrogens with zero attached hydrogens (tertiary/aromatic N) is 3. The summed E-state index contributed by atoms with van der Waals surface area (Å²) < 4.78 is 6.45. The zero-order valence-corrected chi connectivity index (χ0v) is 26.3. The molecule has 4 nitrogen and oxygen atoms in total. The molecule has 0 spiro atoms. The minimum Gasteiger partial charge on any atom is -0.455 e. The van der Waals surface area contributed by atoms with Crippen molar-refractivity contribution in [3.05, 3.63) is 164 Å². The van der Waals surface area contributed by atoms with Crippen LogP contribution in [0.3, 0.4) is 0 Å². The van der Waals surface area contributed by atoms with Gasteiger partial charge in [0.25, 0.3) is 0 Å². The largest absolute Gasteiger partial charge is 0.455 e. The molecule has 10 aromatic rings. The number of para-hydroxylation sites is 2. The van der Waals surface area contributed by atoms with Crippen LogP contribution in [0, 0.1) is 0 Å². The van der Waals surface area contributed by atoms with Crippen molar-refractivity contribution >= 4 is 54.3 Å². The molecule has 0 amide bonds. The summed E-state index contributed by atoms with van der Waals surface area (Å²) in [6.07, 6.45) is 0. The molecule has 0 N–H and O–H groups in total. The molecule has 0 aliphatic heterocycles. The molecule has 0 radical (unpaired) electrons. The van der Waals surface area contributed by atoms with Crippen LogP contribution in [-0.2, 0) is 0 Å². The van der Waals surface area contributed by atoms with Crippen LogP contribution < -0.4 is 0 Å². The summed E-state index contributed by atoms with van der Waals surface area (Å²) in [6, 6.07) is 57.0. The molecule has 0 saturated heterocycles. The lowest BCUT2D eigenvalue weighted by atomic mass is 9.96. The monoisotopic (exact) mass is 625 g/mol. The van der Waals surface area contributed by atoms with Gasteiger partial charge in [-0.1, -0.05) is 140 Å². The summed E-state index contributed by atoms with van der Waals surface area (Å²) in [5.74, 6) is 1.81. The van der Waals surface area contributed by atoms with Crippen molar-refractivity contribution in [3.8, 4) is 45.3 Å². The Morgan fingerprint density at radius 1 is 0.327 bits per heavy atom. The van der Waals surface area contributed by atoms with E-state index in [1.165, 1.54) is 21.9 Å². The maximum absolute atomic E-state index is 6.45. The minimum absolute atomic E-state index is 0.572. The van der Waals surface area contributed by atoms with Gasteiger partial charge in [0.2, 0.25) is 0 Å². The third kappa shape index (κ3) is 4.57. The molecule has 0 bridgehead atoms. The highest BCUT2D eigenvalue weighted by atomic mass is 16.3. The van der Waals surface area contributed by atoms with Crippen LogP contribution in [-0.4, -0.2) is 15.0 Å². The molecule has 0 fully saturated rings. The maximum Gasteiger partial charge on any atom is 0.167 e. The van der Waals surface area contributed by atoms with Gasteiger partial charge in [0, 0.05) is 21.9 Å². The Balaban J connectivity index is 1.19. The van der Waals surface area contributed by atoms with Crippen LogP contribution in [0.5, 0.6) is 0 Å². The van der Waals surface area contributed by atoms with Crippen LogP contribution in [0.25, 0.3) is 99.5 Å². The molecule has 0 aliphatic carbocycles. The van der Waals surface area contributed by atoms with Gasteiger partial charge in [-0.2, -0.15) is 0 Å². The predicted molar refractivity (Wildman–Crippen MR) is 201 cm³/mol. The van der Waals surface area contributed by atoms with E-state index in [1.807, 2.05) is 30.3 Å². The van der Waals surface area contributed by atoms with E-state index in [-0.39, 0.29) is 0 Å². The van der Waals surface area contributed by atoms with Crippen molar-refractivity contribution in [1.82, 2.24) is 15.0 Å². The van der Waals surface area contributed by atoms with Crippen LogP contribution >= 0.6 is 0 Å². The highest BCUT2D eigenvalue weighted by Gasteiger charge is 2.19. The SMILES string of the molecule is c1ccc2cc(-c3ccc4c(-c5nc(-c6cccc7ccccc67)nc(-c6cccc7c6oc6ccccc67)n5)cccc4c3)ccc2c1. The number of rotatable bonds is 4. The van der Waals surface area contributed by atoms with Crippen molar-refractivity contribution in [2.45, 2.75) is 0 Å². The molecular weight excluding hydrogens is 599 g/mol. The second-order valence-electron chi connectivity index (χ2n) is 12.4. The van der Waals surface area contributed by atoms with Gasteiger partial charge in [-0.25, -0.2) is 15.0 Å². The normalized spacial score (nSPS) is 11.7. The molecule has 8 aromatic carbocycles. The highest BCUT2D eigenvalue weighted by Crippen LogP contribution is 2.38. The summed E-state index contributed by atoms with van der Waals surface area (Å²) in [7, 11) is 0. The molecule has 0 saturated carbocycles. The fourth-order valence-corrected chi connectivity index (χ4v) is 7.11. The van der Waals surface area contributed by atoms with Gasteiger partial charge in [0.15, 0.2) is 17.5 Å². The summed E-state index contributed by atoms with van der Waals surface area (Å²) in [5, 5.41) is 8.99. The average Bonchev–Trinajstić information content (AvgIpc) is 3.56. The van der Waals surface area contributed by atoms with E-state index in [0.29, 0.717) is 17.5 Å². The summed E-state index contributed by atoms with van der Waals surface area (Å²) in [6.45, 7) is 0. The molecule has 4 heteroatoms. The first-order valence-corrected chi connectivity index (χ1v) is 16.4. The number of aromatic nitrogens is 3. The number of fused-ring (bicyclic) bond motifs is 6. The number of benzene rings is 8. The smallest absolute Gasteiger partial charge is 0.167 e.